The van der Waals surface area contributed by atoms with E-state index < -0.39 is 0 Å². The first-order valence-electron chi connectivity index (χ1n) is 6.11. The van der Waals surface area contributed by atoms with E-state index in [1.807, 2.05) is 6.08 Å². The predicted octanol–water partition coefficient (Wildman–Crippen LogP) is 4.35. The Morgan fingerprint density at radius 3 is 3.17 bits per heavy atom. The van der Waals surface area contributed by atoms with Crippen LogP contribution in [0, 0.1) is 11.7 Å². The molecular weight excluding hydrogens is 268 g/mol. The van der Waals surface area contributed by atoms with Crippen molar-refractivity contribution in [1.29, 1.82) is 0 Å². The van der Waals surface area contributed by atoms with Crippen molar-refractivity contribution in [3.63, 3.8) is 0 Å². The summed E-state index contributed by atoms with van der Waals surface area (Å²) in [5.74, 6) is 4.01. The quantitative estimate of drug-likeness (QED) is 0.756. The van der Waals surface area contributed by atoms with E-state index in [2.05, 4.69) is 28.9 Å². The minimum Gasteiger partial charge on any atom is -0.338 e. The van der Waals surface area contributed by atoms with Crippen LogP contribution >= 0.6 is 23.4 Å². The molecule has 3 nitrogen and oxygen atoms in total. The summed E-state index contributed by atoms with van der Waals surface area (Å²) in [6, 6.07) is 0. The number of allylic oxidation sites excluding steroid dienone is 4. The zero-order valence-corrected chi connectivity index (χ0v) is 11.7. The lowest BCUT2D eigenvalue weighted by atomic mass is 9.97. The first-order chi connectivity index (χ1) is 8.72. The van der Waals surface area contributed by atoms with E-state index in [1.54, 1.807) is 11.8 Å². The average Bonchev–Trinajstić information content (AvgIpc) is 2.99. The average molecular weight is 282 g/mol. The smallest absolute Gasteiger partial charge is 0.244 e. The highest BCUT2D eigenvalue weighted by Crippen LogP contribution is 2.42. The SMILES string of the molecule is CC1C=C(c2noc([C@H]3CC[CH+]S3)n2)C=C(Cl)C1. The molecule has 18 heavy (non-hydrogen) atoms. The Hall–Kier alpha value is -0.870. The van der Waals surface area contributed by atoms with Gasteiger partial charge in [-0.05, 0) is 18.4 Å². The second-order valence-corrected chi connectivity index (χ2v) is 6.38. The van der Waals surface area contributed by atoms with Crippen molar-refractivity contribution in [2.45, 2.75) is 31.4 Å². The Labute approximate surface area is 116 Å². The van der Waals surface area contributed by atoms with Crippen LogP contribution in [0.4, 0.5) is 0 Å². The number of halogens is 1. The molecule has 1 aliphatic heterocycles. The predicted molar refractivity (Wildman–Crippen MR) is 73.9 cm³/mol. The first-order valence-corrected chi connectivity index (χ1v) is 7.43. The number of thioether (sulfide) groups is 1. The molecular formula is C13H14ClN2OS+. The maximum Gasteiger partial charge on any atom is 0.244 e. The summed E-state index contributed by atoms with van der Waals surface area (Å²) in [5, 5.41) is 5.25. The molecule has 0 saturated carbocycles. The molecule has 1 aliphatic carbocycles. The van der Waals surface area contributed by atoms with Crippen LogP contribution in [-0.2, 0) is 0 Å². The van der Waals surface area contributed by atoms with Crippen molar-refractivity contribution in [3.8, 4) is 0 Å². The lowest BCUT2D eigenvalue weighted by molar-refractivity contribution is 0.373. The van der Waals surface area contributed by atoms with Gasteiger partial charge < -0.3 is 4.52 Å². The molecule has 1 aromatic heterocycles. The van der Waals surface area contributed by atoms with Crippen LogP contribution in [-0.4, -0.2) is 10.1 Å². The summed E-state index contributed by atoms with van der Waals surface area (Å²) in [7, 11) is 0. The van der Waals surface area contributed by atoms with Gasteiger partial charge >= 0.3 is 0 Å². The molecule has 3 rings (SSSR count). The number of rotatable bonds is 2. The summed E-state index contributed by atoms with van der Waals surface area (Å²) < 4.78 is 5.36. The van der Waals surface area contributed by atoms with Crippen molar-refractivity contribution in [2.24, 2.45) is 5.92 Å². The third kappa shape index (κ3) is 2.45. The topological polar surface area (TPSA) is 38.9 Å². The molecule has 0 bridgehead atoms. The van der Waals surface area contributed by atoms with Crippen molar-refractivity contribution >= 4 is 28.9 Å². The second-order valence-electron chi connectivity index (χ2n) is 4.72. The van der Waals surface area contributed by atoms with Crippen LogP contribution in [0.25, 0.3) is 5.57 Å². The summed E-state index contributed by atoms with van der Waals surface area (Å²) in [5.41, 5.74) is 0.973. The molecule has 0 spiro atoms. The van der Waals surface area contributed by atoms with E-state index in [0.717, 1.165) is 35.8 Å². The fraction of sp³-hybridized carbons (Fsp3) is 0.462. The minimum atomic E-state index is 0.326. The molecule has 94 valence electrons. The van der Waals surface area contributed by atoms with Gasteiger partial charge in [0.15, 0.2) is 0 Å². The fourth-order valence-electron chi connectivity index (χ4n) is 2.22. The molecule has 1 saturated heterocycles. The number of hydrogen-bond acceptors (Lipinski definition) is 4. The Balaban J connectivity index is 1.84. The molecule has 0 N–H and O–H groups in total. The molecule has 0 amide bonds. The van der Waals surface area contributed by atoms with Gasteiger partial charge in [0.1, 0.15) is 17.4 Å². The van der Waals surface area contributed by atoms with E-state index in [1.165, 1.54) is 0 Å². The van der Waals surface area contributed by atoms with Crippen molar-refractivity contribution in [3.05, 3.63) is 34.7 Å². The van der Waals surface area contributed by atoms with E-state index in [9.17, 15) is 0 Å². The number of nitrogens with zero attached hydrogens (tertiary/aromatic N) is 2. The molecule has 5 heteroatoms. The van der Waals surface area contributed by atoms with Gasteiger partial charge in [-0.1, -0.05) is 29.8 Å². The fourth-order valence-corrected chi connectivity index (χ4v) is 3.57. The monoisotopic (exact) mass is 281 g/mol. The molecule has 1 fully saturated rings. The van der Waals surface area contributed by atoms with Crippen LogP contribution in [0.5, 0.6) is 0 Å². The molecule has 1 unspecified atom stereocenters. The van der Waals surface area contributed by atoms with Crippen molar-refractivity contribution in [1.82, 2.24) is 10.1 Å². The Bertz CT molecular complexity index is 503. The van der Waals surface area contributed by atoms with E-state index in [4.69, 9.17) is 16.1 Å². The highest BCUT2D eigenvalue weighted by atomic mass is 35.5. The largest absolute Gasteiger partial charge is 0.338 e. The molecule has 2 aliphatic rings. The van der Waals surface area contributed by atoms with Gasteiger partial charge in [0.2, 0.25) is 11.7 Å². The summed E-state index contributed by atoms with van der Waals surface area (Å²) >= 11 is 7.89. The minimum absolute atomic E-state index is 0.326. The third-order valence-electron chi connectivity index (χ3n) is 3.08. The maximum atomic E-state index is 6.12. The van der Waals surface area contributed by atoms with Crippen LogP contribution in [0.1, 0.15) is 43.2 Å². The Morgan fingerprint density at radius 2 is 2.44 bits per heavy atom. The molecule has 2 atom stereocenters. The maximum absolute atomic E-state index is 6.12. The van der Waals surface area contributed by atoms with Gasteiger partial charge in [0.05, 0.1) is 11.8 Å². The summed E-state index contributed by atoms with van der Waals surface area (Å²) in [6.07, 6.45) is 7.17. The molecule has 2 heterocycles. The van der Waals surface area contributed by atoms with Gasteiger partial charge in [-0.2, -0.15) is 4.98 Å². The van der Waals surface area contributed by atoms with Gasteiger partial charge in [-0.25, -0.2) is 0 Å². The first kappa shape index (κ1) is 12.2. The Kier molecular flexibility index (Phi) is 3.39. The van der Waals surface area contributed by atoms with E-state index >= 15 is 0 Å². The van der Waals surface area contributed by atoms with Crippen LogP contribution in [0.15, 0.2) is 21.7 Å². The zero-order valence-electron chi connectivity index (χ0n) is 10.1. The van der Waals surface area contributed by atoms with Gasteiger partial charge in [0, 0.05) is 17.0 Å². The highest BCUT2D eigenvalue weighted by Gasteiger charge is 2.31. The van der Waals surface area contributed by atoms with Crippen molar-refractivity contribution < 1.29 is 4.52 Å². The lowest BCUT2D eigenvalue weighted by Gasteiger charge is -2.12. The Morgan fingerprint density at radius 1 is 1.56 bits per heavy atom. The third-order valence-corrected chi connectivity index (χ3v) is 4.53. The zero-order chi connectivity index (χ0) is 12.5. The highest BCUT2D eigenvalue weighted by molar-refractivity contribution is 8.01. The number of aromatic nitrogens is 2. The van der Waals surface area contributed by atoms with Gasteiger partial charge in [-0.3, -0.25) is 0 Å². The van der Waals surface area contributed by atoms with Crippen molar-refractivity contribution in [2.75, 3.05) is 0 Å². The molecule has 0 aromatic carbocycles. The van der Waals surface area contributed by atoms with E-state index in [0.29, 0.717) is 17.0 Å². The van der Waals surface area contributed by atoms with Gasteiger partial charge in [0.25, 0.3) is 0 Å². The standard InChI is InChI=1S/C13H14ClN2OS/c1-8-5-9(7-10(14)6-8)12-15-13(17-16-12)11-3-2-4-18-11/h4-5,7-8,11H,2-3,6H2,1H3/q+1/t8?,11-/m1/s1. The van der Waals surface area contributed by atoms with Gasteiger partial charge in [-0.15, -0.1) is 0 Å². The summed E-state index contributed by atoms with van der Waals surface area (Å²) in [4.78, 5) is 4.49. The lowest BCUT2D eigenvalue weighted by Crippen LogP contribution is -1.99. The molecule has 1 aromatic rings. The van der Waals surface area contributed by atoms with Crippen LogP contribution in [0.2, 0.25) is 0 Å². The van der Waals surface area contributed by atoms with Crippen LogP contribution in [0.3, 0.4) is 0 Å². The number of hydrogen-bond donors (Lipinski definition) is 0. The molecule has 0 radical (unpaired) electrons. The normalized spacial score (nSPS) is 27.7. The summed E-state index contributed by atoms with van der Waals surface area (Å²) in [6.45, 7) is 2.14. The van der Waals surface area contributed by atoms with E-state index in [-0.39, 0.29) is 0 Å². The second kappa shape index (κ2) is 5.02. The van der Waals surface area contributed by atoms with Crippen LogP contribution < -0.4 is 0 Å².